The van der Waals surface area contributed by atoms with Gasteiger partial charge in [0.2, 0.25) is 0 Å². The number of fused-ring (bicyclic) bond motifs is 1. The number of nitrogens with zero attached hydrogens (tertiary/aromatic N) is 2. The number of hydrogen-bond donors (Lipinski definition) is 2. The maximum atomic E-state index is 9.61. The van der Waals surface area contributed by atoms with Crippen LogP contribution in [0.25, 0.3) is 10.9 Å². The van der Waals surface area contributed by atoms with Crippen LogP contribution < -0.4 is 10.6 Å². The zero-order chi connectivity index (χ0) is 11.8. The van der Waals surface area contributed by atoms with Gasteiger partial charge in [-0.2, -0.15) is 0 Å². The summed E-state index contributed by atoms with van der Waals surface area (Å²) in [5.41, 5.74) is 8.57. The summed E-state index contributed by atoms with van der Waals surface area (Å²) in [4.78, 5) is 6.51. The molecule has 0 spiro atoms. The van der Waals surface area contributed by atoms with Crippen molar-refractivity contribution in [3.05, 3.63) is 30.5 Å². The van der Waals surface area contributed by atoms with Crippen LogP contribution in [-0.4, -0.2) is 29.3 Å². The van der Waals surface area contributed by atoms with Crippen LogP contribution >= 0.6 is 0 Å². The number of rotatable bonds is 1. The number of para-hydroxylation sites is 1. The van der Waals surface area contributed by atoms with Crippen molar-refractivity contribution >= 4 is 22.3 Å². The van der Waals surface area contributed by atoms with E-state index < -0.39 is 0 Å². The molecule has 0 aliphatic carbocycles. The van der Waals surface area contributed by atoms with Crippen molar-refractivity contribution in [2.75, 3.05) is 23.7 Å². The lowest BCUT2D eigenvalue weighted by Gasteiger charge is -2.19. The van der Waals surface area contributed by atoms with Crippen LogP contribution in [0.1, 0.15) is 6.42 Å². The van der Waals surface area contributed by atoms with Gasteiger partial charge in [-0.3, -0.25) is 4.98 Å². The molecule has 3 N–H and O–H groups in total. The van der Waals surface area contributed by atoms with Crippen molar-refractivity contribution in [3.8, 4) is 0 Å². The lowest BCUT2D eigenvalue weighted by molar-refractivity contribution is 0.198. The Morgan fingerprint density at radius 2 is 2.24 bits per heavy atom. The fraction of sp³-hybridized carbons (Fsp3) is 0.308. The number of benzene rings is 1. The molecule has 1 atom stereocenters. The zero-order valence-corrected chi connectivity index (χ0v) is 9.50. The van der Waals surface area contributed by atoms with E-state index in [0.29, 0.717) is 12.2 Å². The molecule has 1 aromatic heterocycles. The minimum absolute atomic E-state index is 0.223. The van der Waals surface area contributed by atoms with Gasteiger partial charge < -0.3 is 15.7 Å². The normalized spacial score (nSPS) is 20.1. The largest absolute Gasteiger partial charge is 0.397 e. The number of nitrogen functional groups attached to an aromatic ring is 1. The first-order valence-corrected chi connectivity index (χ1v) is 5.82. The number of β-amino-alcohol motifs (C(OH)–C–C–N with tert-alkyl or cyclic N) is 1. The predicted octanol–water partition coefficient (Wildman–Crippen LogP) is 1.39. The highest BCUT2D eigenvalue weighted by Crippen LogP contribution is 2.30. The summed E-state index contributed by atoms with van der Waals surface area (Å²) in [7, 11) is 0. The highest BCUT2D eigenvalue weighted by molar-refractivity contribution is 5.98. The van der Waals surface area contributed by atoms with Crippen LogP contribution in [0.5, 0.6) is 0 Å². The van der Waals surface area contributed by atoms with Crippen LogP contribution in [0, 0.1) is 0 Å². The third-order valence-electron chi connectivity index (χ3n) is 3.28. The molecule has 0 radical (unpaired) electrons. The zero-order valence-electron chi connectivity index (χ0n) is 9.50. The van der Waals surface area contributed by atoms with Gasteiger partial charge in [0, 0.05) is 30.4 Å². The van der Waals surface area contributed by atoms with Crippen molar-refractivity contribution in [1.29, 1.82) is 0 Å². The standard InChI is InChI=1S/C13H15N3O/c14-11-3-1-2-10-12(4-6-15-13(10)11)16-7-5-9(17)8-16/h1-4,6,9,17H,5,7-8,14H2. The number of aromatic nitrogens is 1. The van der Waals surface area contributed by atoms with Crippen LogP contribution in [0.15, 0.2) is 30.5 Å². The molecule has 0 bridgehead atoms. The van der Waals surface area contributed by atoms with Crippen molar-refractivity contribution in [2.24, 2.45) is 0 Å². The minimum Gasteiger partial charge on any atom is -0.397 e. The number of pyridine rings is 1. The van der Waals surface area contributed by atoms with Crippen LogP contribution in [0.3, 0.4) is 0 Å². The Balaban J connectivity index is 2.13. The molecule has 88 valence electrons. The fourth-order valence-corrected chi connectivity index (χ4v) is 2.42. The smallest absolute Gasteiger partial charge is 0.0951 e. The highest BCUT2D eigenvalue weighted by Gasteiger charge is 2.21. The van der Waals surface area contributed by atoms with E-state index in [1.165, 1.54) is 0 Å². The van der Waals surface area contributed by atoms with Crippen LogP contribution in [-0.2, 0) is 0 Å². The molecule has 1 fully saturated rings. The lowest BCUT2D eigenvalue weighted by Crippen LogP contribution is -2.21. The van der Waals surface area contributed by atoms with Crippen LogP contribution in [0.2, 0.25) is 0 Å². The van der Waals surface area contributed by atoms with Crippen molar-refractivity contribution in [3.63, 3.8) is 0 Å². The first-order chi connectivity index (χ1) is 8.25. The molecule has 3 rings (SSSR count). The van der Waals surface area contributed by atoms with E-state index in [1.54, 1.807) is 6.20 Å². The quantitative estimate of drug-likeness (QED) is 0.725. The first kappa shape index (κ1) is 10.4. The van der Waals surface area contributed by atoms with Crippen molar-refractivity contribution in [1.82, 2.24) is 4.98 Å². The Hall–Kier alpha value is -1.81. The second-order valence-corrected chi connectivity index (χ2v) is 4.46. The van der Waals surface area contributed by atoms with Crippen LogP contribution in [0.4, 0.5) is 11.4 Å². The number of aliphatic hydroxyl groups is 1. The van der Waals surface area contributed by atoms with E-state index in [2.05, 4.69) is 9.88 Å². The molecule has 1 saturated heterocycles. The predicted molar refractivity (Wildman–Crippen MR) is 69.0 cm³/mol. The molecular formula is C13H15N3O. The monoisotopic (exact) mass is 229 g/mol. The van der Waals surface area contributed by atoms with Gasteiger partial charge in [0.25, 0.3) is 0 Å². The van der Waals surface area contributed by atoms with Gasteiger partial charge in [-0.25, -0.2) is 0 Å². The number of nitrogens with two attached hydrogens (primary N) is 1. The SMILES string of the molecule is Nc1cccc2c(N3CCC(O)C3)ccnc12. The molecule has 2 aromatic rings. The van der Waals surface area contributed by atoms with E-state index >= 15 is 0 Å². The van der Waals surface area contributed by atoms with E-state index in [1.807, 2.05) is 24.3 Å². The molecule has 4 heteroatoms. The minimum atomic E-state index is -0.223. The molecular weight excluding hydrogens is 214 g/mol. The van der Waals surface area contributed by atoms with Gasteiger partial charge in [-0.15, -0.1) is 0 Å². The number of hydrogen-bond acceptors (Lipinski definition) is 4. The van der Waals surface area contributed by atoms with Gasteiger partial charge in [0.15, 0.2) is 0 Å². The molecule has 0 saturated carbocycles. The first-order valence-electron chi connectivity index (χ1n) is 5.82. The summed E-state index contributed by atoms with van der Waals surface area (Å²) in [6.45, 7) is 1.57. The summed E-state index contributed by atoms with van der Waals surface area (Å²) >= 11 is 0. The van der Waals surface area contributed by atoms with Gasteiger partial charge in [0.05, 0.1) is 17.3 Å². The number of aliphatic hydroxyl groups excluding tert-OH is 1. The van der Waals surface area contributed by atoms with Crippen molar-refractivity contribution < 1.29 is 5.11 Å². The second-order valence-electron chi connectivity index (χ2n) is 4.46. The highest BCUT2D eigenvalue weighted by atomic mass is 16.3. The van der Waals surface area contributed by atoms with E-state index in [-0.39, 0.29) is 6.10 Å². The topological polar surface area (TPSA) is 62.4 Å². The average molecular weight is 229 g/mol. The Morgan fingerprint density at radius 1 is 1.35 bits per heavy atom. The molecule has 1 aliphatic rings. The molecule has 4 nitrogen and oxygen atoms in total. The lowest BCUT2D eigenvalue weighted by atomic mass is 10.1. The van der Waals surface area contributed by atoms with Gasteiger partial charge in [-0.05, 0) is 18.6 Å². The molecule has 1 aliphatic heterocycles. The molecule has 2 heterocycles. The maximum absolute atomic E-state index is 9.61. The van der Waals surface area contributed by atoms with E-state index in [9.17, 15) is 5.11 Å². The number of anilines is 2. The summed E-state index contributed by atoms with van der Waals surface area (Å²) < 4.78 is 0. The Kier molecular flexibility index (Phi) is 2.37. The van der Waals surface area contributed by atoms with Gasteiger partial charge in [-0.1, -0.05) is 12.1 Å². The Labute approximate surface area is 99.7 Å². The van der Waals surface area contributed by atoms with E-state index in [0.717, 1.165) is 29.6 Å². The second kappa shape index (κ2) is 3.89. The summed E-state index contributed by atoms with van der Waals surface area (Å²) in [5.74, 6) is 0. The van der Waals surface area contributed by atoms with Crippen molar-refractivity contribution in [2.45, 2.75) is 12.5 Å². The maximum Gasteiger partial charge on any atom is 0.0951 e. The van der Waals surface area contributed by atoms with E-state index in [4.69, 9.17) is 5.73 Å². The summed E-state index contributed by atoms with van der Waals surface area (Å²) in [5, 5.41) is 10.7. The molecule has 17 heavy (non-hydrogen) atoms. The Morgan fingerprint density at radius 3 is 3.00 bits per heavy atom. The molecule has 0 amide bonds. The van der Waals surface area contributed by atoms with Gasteiger partial charge >= 0.3 is 0 Å². The summed E-state index contributed by atoms with van der Waals surface area (Å²) in [6, 6.07) is 7.81. The average Bonchev–Trinajstić information content (AvgIpc) is 2.76. The molecule has 1 unspecified atom stereocenters. The summed E-state index contributed by atoms with van der Waals surface area (Å²) in [6.07, 6.45) is 2.38. The third-order valence-corrected chi connectivity index (χ3v) is 3.28. The molecule has 1 aromatic carbocycles. The third kappa shape index (κ3) is 1.70. The Bertz CT molecular complexity index is 555. The fourth-order valence-electron chi connectivity index (χ4n) is 2.42. The van der Waals surface area contributed by atoms with Gasteiger partial charge in [0.1, 0.15) is 0 Å².